The first kappa shape index (κ1) is 28.1. The molecule has 3 aromatic rings. The standard InChI is InChI=1S/C34H43NO2Si/c1-25(2)22-30(35(23-27-16-10-7-11-17-27)24-28-18-12-8-13-19-28)32-33(31(26(3)4)34(36)37-32)38(5,6)29-20-14-9-15-21-29/h7-21,25,30,32-33H,22-24H2,1-6H3/t30-,32-,33+/m0/s1. The molecule has 3 nitrogen and oxygen atoms in total. The molecule has 3 aromatic carbocycles. The number of hydrogen-bond acceptors (Lipinski definition) is 3. The van der Waals surface area contributed by atoms with E-state index in [1.165, 1.54) is 16.3 Å². The number of ether oxygens (including phenoxy) is 1. The molecule has 38 heavy (non-hydrogen) atoms. The molecule has 4 heteroatoms. The summed E-state index contributed by atoms with van der Waals surface area (Å²) in [5, 5.41) is 1.37. The number of hydrogen-bond donors (Lipinski definition) is 0. The van der Waals surface area contributed by atoms with Crippen LogP contribution >= 0.6 is 0 Å². The molecule has 0 radical (unpaired) electrons. The lowest BCUT2D eigenvalue weighted by Crippen LogP contribution is -2.54. The Labute approximate surface area is 230 Å². The summed E-state index contributed by atoms with van der Waals surface area (Å²) in [7, 11) is -2.15. The van der Waals surface area contributed by atoms with E-state index in [0.717, 1.165) is 30.7 Å². The Kier molecular flexibility index (Phi) is 9.06. The molecule has 0 saturated carbocycles. The van der Waals surface area contributed by atoms with E-state index in [0.29, 0.717) is 5.92 Å². The number of allylic oxidation sites excluding steroid dienone is 1. The van der Waals surface area contributed by atoms with Crippen molar-refractivity contribution in [3.8, 4) is 0 Å². The maximum absolute atomic E-state index is 13.6. The third-order valence-electron chi connectivity index (χ3n) is 7.95. The van der Waals surface area contributed by atoms with Gasteiger partial charge in [-0.15, -0.1) is 0 Å². The summed E-state index contributed by atoms with van der Waals surface area (Å²) < 4.78 is 6.47. The third-order valence-corrected chi connectivity index (χ3v) is 11.9. The van der Waals surface area contributed by atoms with Gasteiger partial charge in [-0.25, -0.2) is 4.79 Å². The van der Waals surface area contributed by atoms with E-state index >= 15 is 0 Å². The normalized spacial score (nSPS) is 18.6. The molecule has 1 fully saturated rings. The van der Waals surface area contributed by atoms with Gasteiger partial charge in [-0.3, -0.25) is 4.90 Å². The Morgan fingerprint density at radius 3 is 1.74 bits per heavy atom. The van der Waals surface area contributed by atoms with E-state index in [4.69, 9.17) is 4.74 Å². The van der Waals surface area contributed by atoms with Crippen LogP contribution in [0.15, 0.2) is 102 Å². The maximum atomic E-state index is 13.6. The van der Waals surface area contributed by atoms with Gasteiger partial charge in [0.25, 0.3) is 0 Å². The van der Waals surface area contributed by atoms with Crippen LogP contribution in [0.2, 0.25) is 18.6 Å². The fraction of sp³-hybridized carbons (Fsp3) is 0.382. The highest BCUT2D eigenvalue weighted by Gasteiger charge is 2.53. The molecule has 0 N–H and O–H groups in total. The molecule has 0 aromatic heterocycles. The molecule has 1 aliphatic heterocycles. The Bertz CT molecular complexity index is 1180. The minimum atomic E-state index is -2.15. The first-order chi connectivity index (χ1) is 18.2. The van der Waals surface area contributed by atoms with Crippen LogP contribution in [-0.4, -0.2) is 31.1 Å². The van der Waals surface area contributed by atoms with E-state index in [-0.39, 0.29) is 23.7 Å². The van der Waals surface area contributed by atoms with Gasteiger partial charge in [0.05, 0.1) is 8.07 Å². The minimum Gasteiger partial charge on any atom is -0.457 e. The molecule has 1 heterocycles. The molecule has 0 unspecified atom stereocenters. The number of carbonyl (C=O) groups is 1. The van der Waals surface area contributed by atoms with Gasteiger partial charge in [0.2, 0.25) is 0 Å². The van der Waals surface area contributed by atoms with Gasteiger partial charge >= 0.3 is 5.97 Å². The second kappa shape index (κ2) is 12.3. The lowest BCUT2D eigenvalue weighted by atomic mass is 9.92. The zero-order chi connectivity index (χ0) is 27.3. The van der Waals surface area contributed by atoms with E-state index < -0.39 is 8.07 Å². The number of esters is 1. The molecule has 0 aliphatic carbocycles. The molecule has 1 saturated heterocycles. The predicted octanol–water partition coefficient (Wildman–Crippen LogP) is 7.35. The van der Waals surface area contributed by atoms with Crippen LogP contribution in [0.5, 0.6) is 0 Å². The number of benzene rings is 3. The third kappa shape index (κ3) is 6.36. The zero-order valence-electron chi connectivity index (χ0n) is 23.9. The predicted molar refractivity (Wildman–Crippen MR) is 161 cm³/mol. The van der Waals surface area contributed by atoms with Gasteiger partial charge in [0.15, 0.2) is 0 Å². The first-order valence-electron chi connectivity index (χ1n) is 13.9. The van der Waals surface area contributed by atoms with E-state index in [1.807, 2.05) is 0 Å². The lowest BCUT2D eigenvalue weighted by molar-refractivity contribution is -0.142. The molecule has 0 bridgehead atoms. The van der Waals surface area contributed by atoms with Crippen molar-refractivity contribution in [1.29, 1.82) is 0 Å². The first-order valence-corrected chi connectivity index (χ1v) is 17.0. The second-order valence-corrected chi connectivity index (χ2v) is 16.6. The summed E-state index contributed by atoms with van der Waals surface area (Å²) in [5.41, 5.74) is 4.63. The average molecular weight is 526 g/mol. The maximum Gasteiger partial charge on any atom is 0.334 e. The van der Waals surface area contributed by atoms with Crippen molar-refractivity contribution in [1.82, 2.24) is 4.90 Å². The fourth-order valence-electron chi connectivity index (χ4n) is 6.08. The highest BCUT2D eigenvalue weighted by Crippen LogP contribution is 2.46. The largest absolute Gasteiger partial charge is 0.457 e. The van der Waals surface area contributed by atoms with Crippen LogP contribution in [0.25, 0.3) is 0 Å². The molecular formula is C34H43NO2Si. The summed E-state index contributed by atoms with van der Waals surface area (Å²) in [6, 6.07) is 32.3. The molecular weight excluding hydrogens is 482 g/mol. The van der Waals surface area contributed by atoms with Crippen LogP contribution in [0, 0.1) is 5.92 Å². The molecule has 0 amide bonds. The van der Waals surface area contributed by atoms with Crippen molar-refractivity contribution in [3.05, 3.63) is 113 Å². The van der Waals surface area contributed by atoms with Crippen molar-refractivity contribution in [2.75, 3.05) is 0 Å². The number of nitrogens with zero attached hydrogens (tertiary/aromatic N) is 1. The van der Waals surface area contributed by atoms with E-state index in [2.05, 4.69) is 137 Å². The van der Waals surface area contributed by atoms with Crippen molar-refractivity contribution in [2.24, 2.45) is 5.92 Å². The van der Waals surface area contributed by atoms with Crippen LogP contribution in [0.3, 0.4) is 0 Å². The molecule has 0 spiro atoms. The fourth-order valence-corrected chi connectivity index (χ4v) is 9.73. The zero-order valence-corrected chi connectivity index (χ0v) is 24.9. The molecule has 200 valence electrons. The van der Waals surface area contributed by atoms with Gasteiger partial charge in [-0.1, -0.05) is 129 Å². The minimum absolute atomic E-state index is 0.0835. The van der Waals surface area contributed by atoms with Crippen molar-refractivity contribution in [3.63, 3.8) is 0 Å². The van der Waals surface area contributed by atoms with Crippen LogP contribution in [0.4, 0.5) is 0 Å². The number of carbonyl (C=O) groups excluding carboxylic acids is 1. The van der Waals surface area contributed by atoms with Crippen molar-refractivity contribution >= 4 is 19.2 Å². The summed E-state index contributed by atoms with van der Waals surface area (Å²) >= 11 is 0. The molecule has 4 rings (SSSR count). The monoisotopic (exact) mass is 525 g/mol. The van der Waals surface area contributed by atoms with E-state index in [1.54, 1.807) is 0 Å². The topological polar surface area (TPSA) is 29.5 Å². The number of cyclic esters (lactones) is 1. The Balaban J connectivity index is 1.82. The summed E-state index contributed by atoms with van der Waals surface area (Å²) in [6.07, 6.45) is 0.771. The Morgan fingerprint density at radius 2 is 1.29 bits per heavy atom. The van der Waals surface area contributed by atoms with Gasteiger partial charge in [0.1, 0.15) is 6.10 Å². The summed E-state index contributed by atoms with van der Waals surface area (Å²) in [5.74, 6) is 0.343. The smallest absolute Gasteiger partial charge is 0.334 e. The quantitative estimate of drug-likeness (QED) is 0.157. The highest BCUT2D eigenvalue weighted by atomic mass is 28.3. The number of rotatable bonds is 10. The summed E-state index contributed by atoms with van der Waals surface area (Å²) in [6.45, 7) is 15.2. The Hall–Kier alpha value is -2.95. The van der Waals surface area contributed by atoms with Gasteiger partial charge in [-0.05, 0) is 37.3 Å². The van der Waals surface area contributed by atoms with E-state index in [9.17, 15) is 4.79 Å². The Morgan fingerprint density at radius 1 is 0.816 bits per heavy atom. The average Bonchev–Trinajstić information content (AvgIpc) is 3.26. The van der Waals surface area contributed by atoms with Gasteiger partial charge in [0, 0.05) is 30.2 Å². The van der Waals surface area contributed by atoms with Gasteiger partial charge in [-0.2, -0.15) is 0 Å². The van der Waals surface area contributed by atoms with Crippen LogP contribution in [-0.2, 0) is 22.6 Å². The van der Waals surface area contributed by atoms with Gasteiger partial charge < -0.3 is 4.74 Å². The molecule has 1 aliphatic rings. The summed E-state index contributed by atoms with van der Waals surface area (Å²) in [4.78, 5) is 16.1. The van der Waals surface area contributed by atoms with Crippen molar-refractivity contribution < 1.29 is 9.53 Å². The van der Waals surface area contributed by atoms with Crippen molar-refractivity contribution in [2.45, 2.75) is 78.0 Å². The molecule has 3 atom stereocenters. The lowest BCUT2D eigenvalue weighted by Gasteiger charge is -2.42. The SMILES string of the molecule is CC(C)=C1C(=O)O[C@@H]([C@H](CC(C)C)N(Cc2ccccc2)Cc2ccccc2)[C@@H]1[Si](C)(C)c1ccccc1. The van der Waals surface area contributed by atoms with Crippen LogP contribution < -0.4 is 5.19 Å². The second-order valence-electron chi connectivity index (χ2n) is 11.9. The van der Waals surface area contributed by atoms with Crippen LogP contribution in [0.1, 0.15) is 45.2 Å². The highest BCUT2D eigenvalue weighted by molar-refractivity contribution is 6.92.